The highest BCUT2D eigenvalue weighted by molar-refractivity contribution is 7.90. The van der Waals surface area contributed by atoms with Gasteiger partial charge in [-0.3, -0.25) is 4.79 Å². The van der Waals surface area contributed by atoms with E-state index in [2.05, 4.69) is 10.4 Å². The number of anilines is 1. The fourth-order valence-corrected chi connectivity index (χ4v) is 4.42. The lowest BCUT2D eigenvalue weighted by atomic mass is 9.92. The number of benzene rings is 1. The molecule has 3 rings (SSSR count). The fourth-order valence-electron chi connectivity index (χ4n) is 2.80. The summed E-state index contributed by atoms with van der Waals surface area (Å²) in [6.45, 7) is 5.91. The minimum absolute atomic E-state index is 0.106. The third-order valence-electron chi connectivity index (χ3n) is 3.81. The number of sulfone groups is 1. The molecule has 0 saturated heterocycles. The quantitative estimate of drug-likeness (QED) is 0.884. The molecule has 0 spiro atoms. The van der Waals surface area contributed by atoms with Crippen LogP contribution in [0.4, 0.5) is 5.82 Å². The van der Waals surface area contributed by atoms with Gasteiger partial charge in [0.15, 0.2) is 9.84 Å². The Morgan fingerprint density at radius 1 is 1.24 bits per heavy atom. The number of amides is 1. The van der Waals surface area contributed by atoms with Gasteiger partial charge in [-0.05, 0) is 29.7 Å². The molecule has 6 nitrogen and oxygen atoms in total. The first-order valence-electron chi connectivity index (χ1n) is 7.91. The third-order valence-corrected chi connectivity index (χ3v) is 5.50. The average molecular weight is 382 g/mol. The summed E-state index contributed by atoms with van der Waals surface area (Å²) in [6.07, 6.45) is 0.320. The summed E-state index contributed by atoms with van der Waals surface area (Å²) >= 11 is 5.93. The lowest BCUT2D eigenvalue weighted by molar-refractivity contribution is -0.117. The molecule has 1 N–H and O–H groups in total. The topological polar surface area (TPSA) is 81.1 Å². The zero-order chi connectivity index (χ0) is 18.4. The number of hydrogen-bond donors (Lipinski definition) is 1. The van der Waals surface area contributed by atoms with Crippen molar-refractivity contribution in [2.45, 2.75) is 38.7 Å². The predicted molar refractivity (Wildman–Crippen MR) is 97.6 cm³/mol. The summed E-state index contributed by atoms with van der Waals surface area (Å²) in [5, 5.41) is 7.87. The van der Waals surface area contributed by atoms with Crippen molar-refractivity contribution < 1.29 is 13.2 Å². The maximum absolute atomic E-state index is 12.4. The lowest BCUT2D eigenvalue weighted by Crippen LogP contribution is -2.22. The van der Waals surface area contributed by atoms with Gasteiger partial charge in [-0.15, -0.1) is 0 Å². The molecule has 1 aromatic heterocycles. The molecule has 0 aliphatic carbocycles. The summed E-state index contributed by atoms with van der Waals surface area (Å²) in [5.74, 6) is 0.0360. The largest absolute Gasteiger partial charge is 0.310 e. The van der Waals surface area contributed by atoms with Crippen LogP contribution in [0.3, 0.4) is 0 Å². The smallest absolute Gasteiger partial charge is 0.226 e. The van der Waals surface area contributed by atoms with Crippen molar-refractivity contribution in [1.82, 2.24) is 9.78 Å². The second kappa shape index (κ2) is 6.14. The van der Waals surface area contributed by atoms with E-state index in [1.165, 1.54) is 0 Å². The zero-order valence-electron chi connectivity index (χ0n) is 14.3. The van der Waals surface area contributed by atoms with Gasteiger partial charge < -0.3 is 5.32 Å². The van der Waals surface area contributed by atoms with Gasteiger partial charge in [-0.25, -0.2) is 13.1 Å². The Hall–Kier alpha value is -1.86. The first kappa shape index (κ1) is 17.9. The predicted octanol–water partition coefficient (Wildman–Crippen LogP) is 3.33. The number of rotatable bonds is 3. The van der Waals surface area contributed by atoms with Crippen LogP contribution < -0.4 is 5.32 Å². The van der Waals surface area contributed by atoms with Crippen LogP contribution in [0.5, 0.6) is 0 Å². The number of carbonyl (C=O) groups excluding carboxylic acids is 1. The highest BCUT2D eigenvalue weighted by Gasteiger charge is 2.33. The van der Waals surface area contributed by atoms with Gasteiger partial charge in [0, 0.05) is 17.0 Å². The Kier molecular flexibility index (Phi) is 4.41. The number of fused-ring (bicyclic) bond motifs is 1. The monoisotopic (exact) mass is 381 g/mol. The van der Waals surface area contributed by atoms with Crippen molar-refractivity contribution in [3.63, 3.8) is 0 Å². The van der Waals surface area contributed by atoms with E-state index in [1.807, 2.05) is 20.8 Å². The molecule has 1 aromatic carbocycles. The van der Waals surface area contributed by atoms with Gasteiger partial charge in [0.05, 0.1) is 22.9 Å². The number of nitrogens with zero attached hydrogens (tertiary/aromatic N) is 2. The molecule has 2 heterocycles. The van der Waals surface area contributed by atoms with Crippen molar-refractivity contribution >= 4 is 33.2 Å². The van der Waals surface area contributed by atoms with Crippen molar-refractivity contribution in [1.29, 1.82) is 0 Å². The van der Waals surface area contributed by atoms with Crippen LogP contribution in [0, 0.1) is 5.41 Å². The highest BCUT2D eigenvalue weighted by atomic mass is 35.5. The van der Waals surface area contributed by atoms with E-state index in [-0.39, 0.29) is 22.8 Å². The molecule has 0 unspecified atom stereocenters. The van der Waals surface area contributed by atoms with Crippen LogP contribution in [0.1, 0.15) is 38.4 Å². The SMILES string of the molecule is CC(C)(C)CC(=O)Nc1c2c(nn1-c1ccc(Cl)cc1)CS(=O)(=O)C2. The molecule has 0 radical (unpaired) electrons. The van der Waals surface area contributed by atoms with Crippen LogP contribution in [-0.4, -0.2) is 24.1 Å². The second-order valence-corrected chi connectivity index (χ2v) is 9.98. The minimum Gasteiger partial charge on any atom is -0.310 e. The molecule has 8 heteroatoms. The van der Waals surface area contributed by atoms with Crippen molar-refractivity contribution in [3.05, 3.63) is 40.5 Å². The van der Waals surface area contributed by atoms with Crippen LogP contribution in [0.2, 0.25) is 5.02 Å². The zero-order valence-corrected chi connectivity index (χ0v) is 15.9. The van der Waals surface area contributed by atoms with E-state index in [9.17, 15) is 13.2 Å². The van der Waals surface area contributed by atoms with E-state index in [1.54, 1.807) is 28.9 Å². The number of aromatic nitrogens is 2. The van der Waals surface area contributed by atoms with Gasteiger partial charge in [0.1, 0.15) is 5.82 Å². The molecule has 25 heavy (non-hydrogen) atoms. The Bertz CT molecular complexity index is 925. The average Bonchev–Trinajstić information content (AvgIpc) is 2.91. The normalized spacial score (nSPS) is 15.8. The van der Waals surface area contributed by atoms with Gasteiger partial charge in [0.2, 0.25) is 5.91 Å². The molecule has 0 atom stereocenters. The molecule has 0 saturated carbocycles. The van der Waals surface area contributed by atoms with E-state index >= 15 is 0 Å². The van der Waals surface area contributed by atoms with Crippen LogP contribution >= 0.6 is 11.6 Å². The van der Waals surface area contributed by atoms with E-state index in [4.69, 9.17) is 11.6 Å². The molecule has 0 fully saturated rings. The van der Waals surface area contributed by atoms with Crippen LogP contribution in [0.15, 0.2) is 24.3 Å². The molecule has 1 aliphatic rings. The Labute approximate surface area is 152 Å². The number of halogens is 1. The van der Waals surface area contributed by atoms with Gasteiger partial charge in [-0.1, -0.05) is 32.4 Å². The van der Waals surface area contributed by atoms with Gasteiger partial charge in [-0.2, -0.15) is 5.10 Å². The van der Waals surface area contributed by atoms with E-state index in [0.29, 0.717) is 34.2 Å². The lowest BCUT2D eigenvalue weighted by Gasteiger charge is -2.18. The molecule has 0 bridgehead atoms. The molecular formula is C17H20ClN3O3S. The summed E-state index contributed by atoms with van der Waals surface area (Å²) in [4.78, 5) is 12.4. The Morgan fingerprint density at radius 3 is 2.48 bits per heavy atom. The molecule has 1 amide bonds. The third kappa shape index (κ3) is 4.04. The molecule has 1 aliphatic heterocycles. The summed E-state index contributed by atoms with van der Waals surface area (Å²) < 4.78 is 25.4. The summed E-state index contributed by atoms with van der Waals surface area (Å²) in [7, 11) is -3.21. The van der Waals surface area contributed by atoms with Crippen molar-refractivity contribution in [2.75, 3.05) is 5.32 Å². The van der Waals surface area contributed by atoms with E-state index in [0.717, 1.165) is 0 Å². The number of carbonyl (C=O) groups is 1. The molecule has 134 valence electrons. The van der Waals surface area contributed by atoms with Crippen LogP contribution in [-0.2, 0) is 26.1 Å². The second-order valence-electron chi connectivity index (χ2n) is 7.48. The summed E-state index contributed by atoms with van der Waals surface area (Å²) in [5.41, 5.74) is 1.59. The van der Waals surface area contributed by atoms with Crippen molar-refractivity contribution in [3.8, 4) is 5.69 Å². The maximum Gasteiger partial charge on any atom is 0.226 e. The summed E-state index contributed by atoms with van der Waals surface area (Å²) in [6, 6.07) is 7.00. The molecular weight excluding hydrogens is 362 g/mol. The van der Waals surface area contributed by atoms with Crippen molar-refractivity contribution in [2.24, 2.45) is 5.41 Å². The minimum atomic E-state index is -3.21. The highest BCUT2D eigenvalue weighted by Crippen LogP contribution is 2.33. The first-order chi connectivity index (χ1) is 11.5. The fraction of sp³-hybridized carbons (Fsp3) is 0.412. The number of nitrogens with one attached hydrogen (secondary N) is 1. The maximum atomic E-state index is 12.4. The first-order valence-corrected chi connectivity index (χ1v) is 10.1. The number of hydrogen-bond acceptors (Lipinski definition) is 4. The van der Waals surface area contributed by atoms with Crippen LogP contribution in [0.25, 0.3) is 5.69 Å². The van der Waals surface area contributed by atoms with Gasteiger partial charge in [0.25, 0.3) is 0 Å². The molecule has 2 aromatic rings. The van der Waals surface area contributed by atoms with E-state index < -0.39 is 9.84 Å². The Balaban J connectivity index is 2.02. The van der Waals surface area contributed by atoms with Gasteiger partial charge >= 0.3 is 0 Å². The Morgan fingerprint density at radius 2 is 1.88 bits per heavy atom. The standard InChI is InChI=1S/C17H20ClN3O3S/c1-17(2,3)8-15(22)19-16-13-9-25(23,24)10-14(13)20-21(16)12-6-4-11(18)5-7-12/h4-7H,8-10H2,1-3H3,(H,19,22).